The minimum absolute atomic E-state index is 0.0422. The minimum atomic E-state index is -1.05. The van der Waals surface area contributed by atoms with Gasteiger partial charge in [0.2, 0.25) is 0 Å². The number of benzene rings is 4. The van der Waals surface area contributed by atoms with Gasteiger partial charge in [-0.25, -0.2) is 37.9 Å². The summed E-state index contributed by atoms with van der Waals surface area (Å²) in [6.07, 6.45) is 7.93. The largest absolute Gasteiger partial charge is 0.490 e. The van der Waals surface area contributed by atoms with Crippen molar-refractivity contribution < 1.29 is 66.0 Å². The predicted molar refractivity (Wildman–Crippen MR) is 322 cm³/mol. The van der Waals surface area contributed by atoms with Gasteiger partial charge in [0.15, 0.2) is 12.1 Å². The van der Waals surface area contributed by atoms with E-state index in [0.717, 1.165) is 55.7 Å². The number of rotatable bonds is 14. The van der Waals surface area contributed by atoms with Crippen LogP contribution in [-0.4, -0.2) is 137 Å². The van der Waals surface area contributed by atoms with Gasteiger partial charge in [0.25, 0.3) is 11.8 Å². The van der Waals surface area contributed by atoms with Gasteiger partial charge in [-0.1, -0.05) is 24.3 Å². The Kier molecular flexibility index (Phi) is 17.6. The highest BCUT2D eigenvalue weighted by molar-refractivity contribution is 6.03. The van der Waals surface area contributed by atoms with E-state index in [0.29, 0.717) is 85.0 Å². The summed E-state index contributed by atoms with van der Waals surface area (Å²) in [6, 6.07) is 18.6. The number of halogens is 2. The number of esters is 2. The number of nitrogens with zero attached hydrogens (tertiary/aromatic N) is 8. The molecule has 0 radical (unpaired) electrons. The average molecular weight is 1220 g/mol. The Bertz CT molecular complexity index is 3670. The third kappa shape index (κ3) is 13.3. The van der Waals surface area contributed by atoms with Crippen molar-refractivity contribution in [1.82, 2.24) is 38.7 Å². The lowest BCUT2D eigenvalue weighted by molar-refractivity contribution is -0.150. The lowest BCUT2D eigenvalue weighted by Gasteiger charge is -2.33. The van der Waals surface area contributed by atoms with Crippen LogP contribution in [0.5, 0.6) is 11.5 Å². The molecule has 89 heavy (non-hydrogen) atoms. The molecule has 470 valence electrons. The quantitative estimate of drug-likeness (QED) is 0.0735. The number of likely N-dealkylation sites (tertiary alicyclic amines) is 2. The molecule has 4 aromatic carbocycles. The van der Waals surface area contributed by atoms with Crippen LogP contribution in [0.15, 0.2) is 85.5 Å². The molecule has 0 N–H and O–H groups in total. The molecule has 12 rings (SSSR count). The number of piperidine rings is 1. The van der Waals surface area contributed by atoms with Gasteiger partial charge in [-0.15, -0.1) is 0 Å². The lowest BCUT2D eigenvalue weighted by atomic mass is 9.99. The Labute approximate surface area is 515 Å². The van der Waals surface area contributed by atoms with E-state index in [4.69, 9.17) is 28.4 Å². The second-order valence-electron chi connectivity index (χ2n) is 25.2. The molecular weight excluding hydrogens is 1150 g/mol. The first-order valence-corrected chi connectivity index (χ1v) is 30.7. The first-order valence-electron chi connectivity index (χ1n) is 30.7. The fourth-order valence-corrected chi connectivity index (χ4v) is 12.4. The zero-order valence-corrected chi connectivity index (χ0v) is 51.6. The molecule has 0 bridgehead atoms. The summed E-state index contributed by atoms with van der Waals surface area (Å²) in [5, 5.41) is 0. The Morgan fingerprint density at radius 2 is 0.955 bits per heavy atom. The topological polar surface area (TPSA) is 206 Å². The van der Waals surface area contributed by atoms with E-state index in [9.17, 15) is 28.8 Å². The van der Waals surface area contributed by atoms with Crippen LogP contribution >= 0.6 is 0 Å². The maximum absolute atomic E-state index is 15.5. The third-order valence-corrected chi connectivity index (χ3v) is 16.6. The maximum Gasteiger partial charge on any atom is 0.410 e. The van der Waals surface area contributed by atoms with Gasteiger partial charge < -0.3 is 57.2 Å². The zero-order chi connectivity index (χ0) is 63.1. The van der Waals surface area contributed by atoms with Crippen LogP contribution in [0.4, 0.5) is 18.4 Å². The van der Waals surface area contributed by atoms with Crippen molar-refractivity contribution in [3.63, 3.8) is 0 Å². The summed E-state index contributed by atoms with van der Waals surface area (Å²) >= 11 is 0. The third-order valence-electron chi connectivity index (χ3n) is 16.6. The molecule has 4 amide bonds. The highest BCUT2D eigenvalue weighted by Gasteiger charge is 2.45. The molecule has 22 heteroatoms. The van der Waals surface area contributed by atoms with E-state index in [2.05, 4.69) is 9.97 Å². The second-order valence-corrected chi connectivity index (χ2v) is 25.2. The van der Waals surface area contributed by atoms with Crippen molar-refractivity contribution in [1.29, 1.82) is 0 Å². The molecule has 2 unspecified atom stereocenters. The summed E-state index contributed by atoms with van der Waals surface area (Å²) in [6.45, 7) is 18.4. The number of hydrogen-bond donors (Lipinski definition) is 0. The molecule has 0 saturated carbocycles. The van der Waals surface area contributed by atoms with Crippen molar-refractivity contribution in [3.05, 3.63) is 142 Å². The summed E-state index contributed by atoms with van der Waals surface area (Å²) in [5.74, 6) is -1.74. The van der Waals surface area contributed by atoms with Crippen LogP contribution in [0.1, 0.15) is 154 Å². The summed E-state index contributed by atoms with van der Waals surface area (Å²) in [5.41, 5.74) is 5.19. The smallest absolute Gasteiger partial charge is 0.410 e. The second kappa shape index (κ2) is 25.3. The van der Waals surface area contributed by atoms with Crippen molar-refractivity contribution in [2.45, 2.75) is 162 Å². The van der Waals surface area contributed by atoms with Crippen molar-refractivity contribution in [2.24, 2.45) is 0 Å². The highest BCUT2D eigenvalue weighted by atomic mass is 19.1. The fraction of sp³-hybridized carbons (Fsp3) is 0.463. The fourth-order valence-electron chi connectivity index (χ4n) is 12.4. The number of carbonyl (C=O) groups is 6. The van der Waals surface area contributed by atoms with E-state index in [1.54, 1.807) is 60.6 Å². The van der Waals surface area contributed by atoms with E-state index in [1.807, 2.05) is 87.1 Å². The van der Waals surface area contributed by atoms with Crippen molar-refractivity contribution >= 4 is 35.9 Å². The minimum Gasteiger partial charge on any atom is -0.490 e. The number of ether oxygens (including phenoxy) is 6. The zero-order valence-electron chi connectivity index (χ0n) is 51.6. The van der Waals surface area contributed by atoms with Crippen LogP contribution in [0.3, 0.4) is 0 Å². The molecule has 6 aliphatic heterocycles. The number of aromatic nitrogens is 4. The molecule has 20 nitrogen and oxygen atoms in total. The van der Waals surface area contributed by atoms with E-state index in [-0.39, 0.29) is 73.0 Å². The number of hydrogen-bond acceptors (Lipinski definition) is 14. The molecule has 6 aliphatic rings. The van der Waals surface area contributed by atoms with Crippen LogP contribution < -0.4 is 9.47 Å². The standard InChI is InChI=1S/C34H39FN4O6.C33H37FN4O6/c1-5-43-32(41)30(29-28-7-6-14-38(28)20-36-29)39-19-26-25(31(39)40)17-22(18-27(26)35)21-8-10-23(11-9-21)44-24-12-15-37(16-13-24)33(42)45-34(2,3)4;1-5-42-31(40)29(28-27-7-6-13-37(27)19-35-28)38-18-25-24(30(38)39)15-21(16-26(25)34)20-8-10-22(11-9-20)43-23-12-14-36(17-23)32(41)44-33(2,3)4/h8-11,17-18,20,24,30H,5-7,12-16,19H2,1-4H3;8-11,15-16,19,23,29H,5-7,12-14,17-18H2,1-4H3/t;23-,29?/m.1/s1. The van der Waals surface area contributed by atoms with Crippen LogP contribution in [0.25, 0.3) is 22.3 Å². The first-order chi connectivity index (χ1) is 42.5. The number of imidazole rings is 2. The number of amides is 4. The lowest BCUT2D eigenvalue weighted by Crippen LogP contribution is -2.44. The van der Waals surface area contributed by atoms with Gasteiger partial charge >= 0.3 is 24.1 Å². The van der Waals surface area contributed by atoms with Crippen LogP contribution in [0, 0.1) is 11.6 Å². The van der Waals surface area contributed by atoms with Gasteiger partial charge in [0.1, 0.15) is 46.5 Å². The Morgan fingerprint density at radius 3 is 1.38 bits per heavy atom. The molecular formula is C67H76F2N8O12. The normalized spacial score (nSPS) is 17.8. The molecule has 2 aromatic heterocycles. The molecule has 3 atom stereocenters. The van der Waals surface area contributed by atoms with E-state index < -0.39 is 58.7 Å². The van der Waals surface area contributed by atoms with E-state index in [1.165, 1.54) is 21.9 Å². The van der Waals surface area contributed by atoms with Crippen LogP contribution in [0.2, 0.25) is 0 Å². The number of fused-ring (bicyclic) bond motifs is 4. The van der Waals surface area contributed by atoms with Gasteiger partial charge in [-0.2, -0.15) is 0 Å². The predicted octanol–water partition coefficient (Wildman–Crippen LogP) is 11.0. The summed E-state index contributed by atoms with van der Waals surface area (Å²) < 4.78 is 69.0. The molecule has 2 saturated heterocycles. The first kappa shape index (κ1) is 61.8. The average Bonchev–Trinajstić information content (AvgIpc) is 1.63. The van der Waals surface area contributed by atoms with Gasteiger partial charge in [0, 0.05) is 85.6 Å². The number of carbonyl (C=O) groups excluding carboxylic acids is 6. The van der Waals surface area contributed by atoms with Gasteiger partial charge in [-0.05, 0) is 152 Å². The SMILES string of the molecule is CCOC(=O)C(c1ncn2c1CCC2)N1Cc2c(F)cc(-c3ccc(OC4CCN(C(=O)OC(C)(C)C)CC4)cc3)cc2C1=O.CCOC(=O)C(c1ncn2c1CCC2)N1Cc2c(F)cc(-c3ccc(O[C@@H]4CCN(C(=O)OC(C)(C)C)C4)cc3)cc2C1=O. The maximum atomic E-state index is 15.5. The van der Waals surface area contributed by atoms with Gasteiger partial charge in [0.05, 0.1) is 56.9 Å². The number of aryl methyl sites for hydroxylation is 2. The molecule has 2 fully saturated rings. The Hall–Kier alpha value is -8.82. The van der Waals surface area contributed by atoms with E-state index >= 15 is 8.78 Å². The Morgan fingerprint density at radius 1 is 0.551 bits per heavy atom. The van der Waals surface area contributed by atoms with Crippen molar-refractivity contribution in [2.75, 3.05) is 39.4 Å². The Balaban J connectivity index is 0.000000184. The molecule has 0 spiro atoms. The molecule has 6 aromatic rings. The van der Waals surface area contributed by atoms with Crippen molar-refractivity contribution in [3.8, 4) is 33.8 Å². The molecule has 8 heterocycles. The van der Waals surface area contributed by atoms with Crippen LogP contribution in [-0.2, 0) is 67.6 Å². The summed E-state index contributed by atoms with van der Waals surface area (Å²) in [4.78, 5) is 93.6. The monoisotopic (exact) mass is 1220 g/mol. The molecule has 0 aliphatic carbocycles. The highest BCUT2D eigenvalue weighted by Crippen LogP contribution is 2.41. The summed E-state index contributed by atoms with van der Waals surface area (Å²) in [7, 11) is 0. The van der Waals surface area contributed by atoms with Gasteiger partial charge in [-0.3, -0.25) is 9.59 Å².